The summed E-state index contributed by atoms with van der Waals surface area (Å²) in [6.07, 6.45) is 0. The van der Waals surface area contributed by atoms with Crippen molar-refractivity contribution in [3.63, 3.8) is 0 Å². The van der Waals surface area contributed by atoms with Crippen molar-refractivity contribution in [3.8, 4) is 5.69 Å². The fourth-order valence-corrected chi connectivity index (χ4v) is 13.0. The molecule has 6 heterocycles. The SMILES string of the molecule is Cc1cc2c3c(c1)N1c4c(cc(C(C)(C)C)cc4-n4c5ccc(C(C)(C)C)cc5c5cc(C(C)(C)C)cc1c54)B3c1sc3ccc(C(C)(C)C)cc3c1N2c1cccc2oc3ccccc3c12. The number of rotatable bonds is 1. The molecule has 6 heteroatoms. The lowest BCUT2D eigenvalue weighted by Crippen LogP contribution is -2.61. The zero-order valence-corrected chi connectivity index (χ0v) is 42.0. The molecule has 0 spiro atoms. The van der Waals surface area contributed by atoms with Gasteiger partial charge in [-0.25, -0.2) is 0 Å². The highest BCUT2D eigenvalue weighted by molar-refractivity contribution is 7.33. The average Bonchev–Trinajstić information content (AvgIpc) is 3.94. The number of anilines is 6. The number of fused-ring (bicyclic) bond motifs is 14. The second-order valence-corrected chi connectivity index (χ2v) is 25.1. The van der Waals surface area contributed by atoms with E-state index in [4.69, 9.17) is 4.42 Å². The van der Waals surface area contributed by atoms with E-state index in [1.807, 2.05) is 11.3 Å². The van der Waals surface area contributed by atoms with Gasteiger partial charge < -0.3 is 18.8 Å². The van der Waals surface area contributed by atoms with Crippen LogP contribution in [0.1, 0.15) is 111 Å². The van der Waals surface area contributed by atoms with Crippen molar-refractivity contribution >= 4 is 122 Å². The molecule has 3 aliphatic rings. The van der Waals surface area contributed by atoms with Crippen molar-refractivity contribution < 1.29 is 4.42 Å². The van der Waals surface area contributed by atoms with E-state index in [1.54, 1.807) is 0 Å². The summed E-state index contributed by atoms with van der Waals surface area (Å²) >= 11 is 1.98. The van der Waals surface area contributed by atoms with Gasteiger partial charge in [0.2, 0.25) is 0 Å². The Kier molecular flexibility index (Phi) is 7.98. The van der Waals surface area contributed by atoms with Crippen molar-refractivity contribution in [2.24, 2.45) is 0 Å². The minimum absolute atomic E-state index is 0.00269. The Labute approximate surface area is 398 Å². The lowest BCUT2D eigenvalue weighted by Gasteiger charge is -2.46. The molecule has 332 valence electrons. The third-order valence-corrected chi connectivity index (χ3v) is 16.5. The molecule has 0 atom stereocenters. The van der Waals surface area contributed by atoms with Crippen LogP contribution in [0.15, 0.2) is 120 Å². The largest absolute Gasteiger partial charge is 0.456 e. The number of hydrogen-bond acceptors (Lipinski definition) is 4. The summed E-state index contributed by atoms with van der Waals surface area (Å²) in [5, 5.41) is 6.24. The molecule has 67 heavy (non-hydrogen) atoms. The van der Waals surface area contributed by atoms with Gasteiger partial charge in [-0.3, -0.25) is 0 Å². The average molecular weight is 892 g/mol. The molecule has 0 bridgehead atoms. The minimum atomic E-state index is -0.103. The molecule has 0 unspecified atom stereocenters. The number of furan rings is 1. The Morgan fingerprint density at radius 1 is 0.478 bits per heavy atom. The van der Waals surface area contributed by atoms with Crippen LogP contribution in [0, 0.1) is 6.92 Å². The maximum atomic E-state index is 6.66. The van der Waals surface area contributed by atoms with E-state index in [-0.39, 0.29) is 28.4 Å². The summed E-state index contributed by atoms with van der Waals surface area (Å²) < 4.78 is 12.0. The van der Waals surface area contributed by atoms with E-state index in [1.165, 1.54) is 110 Å². The first-order valence-corrected chi connectivity index (χ1v) is 25.0. The van der Waals surface area contributed by atoms with Crippen molar-refractivity contribution in [3.05, 3.63) is 143 Å². The number of thiophene rings is 1. The second-order valence-electron chi connectivity index (χ2n) is 24.0. The molecule has 0 fully saturated rings. The van der Waals surface area contributed by atoms with Crippen LogP contribution in [0.3, 0.4) is 0 Å². The zero-order valence-electron chi connectivity index (χ0n) is 41.2. The molecular formula is C61H58BN3OS. The Hall–Kier alpha value is -6.24. The molecule has 4 nitrogen and oxygen atoms in total. The van der Waals surface area contributed by atoms with Gasteiger partial charge in [0, 0.05) is 42.4 Å². The van der Waals surface area contributed by atoms with Crippen molar-refractivity contribution in [2.75, 3.05) is 9.80 Å². The summed E-state index contributed by atoms with van der Waals surface area (Å²) in [5.41, 5.74) is 22.3. The predicted octanol–water partition coefficient (Wildman–Crippen LogP) is 15.8. The molecule has 0 N–H and O–H groups in total. The summed E-state index contributed by atoms with van der Waals surface area (Å²) in [6, 6.07) is 44.9. The van der Waals surface area contributed by atoms with Crippen LogP contribution in [0.4, 0.5) is 34.1 Å². The molecule has 0 saturated carbocycles. The molecule has 3 aromatic heterocycles. The van der Waals surface area contributed by atoms with Crippen molar-refractivity contribution in [2.45, 2.75) is 112 Å². The standard InChI is InChI=1S/C61H58BN3OS/c1-33-25-45-53-46(26-33)65-47-31-36(60(8,9)10)29-40-39-27-34(58(2,3)4)21-23-43(39)63(54(40)47)48-32-37(61(11,12)13)30-42(56(48)65)62(53)57-55(41-28-35(59(5,6)7)22-24-51(41)67-57)64(45)44-18-16-20-50-52(44)38-17-14-15-19-49(38)66-50/h14-32H,1-13H3. The molecule has 7 aromatic carbocycles. The first-order chi connectivity index (χ1) is 31.7. The van der Waals surface area contributed by atoms with E-state index in [9.17, 15) is 0 Å². The molecule has 0 amide bonds. The van der Waals surface area contributed by atoms with Crippen LogP contribution in [0.25, 0.3) is 59.5 Å². The summed E-state index contributed by atoms with van der Waals surface area (Å²) in [6.45, 7) is 30.6. The fourth-order valence-electron chi connectivity index (χ4n) is 11.7. The van der Waals surface area contributed by atoms with Crippen LogP contribution < -0.4 is 25.5 Å². The number of benzene rings is 7. The lowest BCUT2D eigenvalue weighted by molar-refractivity contribution is 0.590. The maximum absolute atomic E-state index is 6.66. The normalized spacial score (nSPS) is 14.6. The van der Waals surface area contributed by atoms with Gasteiger partial charge in [0.05, 0.1) is 44.9 Å². The number of hydrogen-bond donors (Lipinski definition) is 0. The van der Waals surface area contributed by atoms with Gasteiger partial charge in [-0.1, -0.05) is 126 Å². The first kappa shape index (κ1) is 41.0. The van der Waals surface area contributed by atoms with Crippen LogP contribution in [-0.2, 0) is 21.7 Å². The zero-order chi connectivity index (χ0) is 46.6. The number of nitrogens with zero attached hydrogens (tertiary/aromatic N) is 3. The summed E-state index contributed by atoms with van der Waals surface area (Å²) in [4.78, 5) is 5.34. The van der Waals surface area contributed by atoms with E-state index < -0.39 is 0 Å². The molecular weight excluding hydrogens is 834 g/mol. The summed E-state index contributed by atoms with van der Waals surface area (Å²) in [5.74, 6) is 0. The third kappa shape index (κ3) is 5.60. The maximum Gasteiger partial charge on any atom is 0.264 e. The Morgan fingerprint density at radius 3 is 1.78 bits per heavy atom. The highest BCUT2D eigenvalue weighted by Crippen LogP contribution is 2.56. The lowest BCUT2D eigenvalue weighted by atomic mass is 9.35. The third-order valence-electron chi connectivity index (χ3n) is 15.3. The van der Waals surface area contributed by atoms with Gasteiger partial charge in [-0.15, -0.1) is 11.3 Å². The highest BCUT2D eigenvalue weighted by Gasteiger charge is 2.49. The van der Waals surface area contributed by atoms with Gasteiger partial charge in [0.25, 0.3) is 6.71 Å². The van der Waals surface area contributed by atoms with Crippen LogP contribution in [-0.4, -0.2) is 11.3 Å². The first-order valence-electron chi connectivity index (χ1n) is 24.2. The number of aryl methyl sites for hydroxylation is 1. The molecule has 0 aliphatic carbocycles. The monoisotopic (exact) mass is 891 g/mol. The van der Waals surface area contributed by atoms with Crippen molar-refractivity contribution in [1.82, 2.24) is 4.57 Å². The topological polar surface area (TPSA) is 24.6 Å². The van der Waals surface area contributed by atoms with Crippen LogP contribution in [0.5, 0.6) is 0 Å². The van der Waals surface area contributed by atoms with Gasteiger partial charge in [0.15, 0.2) is 0 Å². The van der Waals surface area contributed by atoms with E-state index >= 15 is 0 Å². The fraction of sp³-hybridized carbons (Fsp3) is 0.279. The van der Waals surface area contributed by atoms with Crippen LogP contribution in [0.2, 0.25) is 0 Å². The molecule has 13 rings (SSSR count). The molecule has 3 aliphatic heterocycles. The van der Waals surface area contributed by atoms with Gasteiger partial charge in [-0.05, 0) is 140 Å². The minimum Gasteiger partial charge on any atom is -0.456 e. The van der Waals surface area contributed by atoms with E-state index in [2.05, 4.69) is 220 Å². The summed E-state index contributed by atoms with van der Waals surface area (Å²) in [7, 11) is 0. The number of para-hydroxylation sites is 1. The molecule has 10 aromatic rings. The number of aromatic nitrogens is 1. The molecule has 0 saturated heterocycles. The second kappa shape index (κ2) is 13.0. The Balaban J connectivity index is 1.23. The van der Waals surface area contributed by atoms with Crippen molar-refractivity contribution in [1.29, 1.82) is 0 Å². The van der Waals surface area contributed by atoms with Gasteiger partial charge >= 0.3 is 0 Å². The van der Waals surface area contributed by atoms with E-state index in [0.29, 0.717) is 0 Å². The Bertz CT molecular complexity index is 3830. The van der Waals surface area contributed by atoms with E-state index in [0.717, 1.165) is 27.6 Å². The smallest absolute Gasteiger partial charge is 0.264 e. The Morgan fingerprint density at radius 2 is 1.07 bits per heavy atom. The highest BCUT2D eigenvalue weighted by atomic mass is 32.1. The molecule has 0 radical (unpaired) electrons. The van der Waals surface area contributed by atoms with Gasteiger partial charge in [0.1, 0.15) is 11.2 Å². The predicted molar refractivity (Wildman–Crippen MR) is 291 cm³/mol. The van der Waals surface area contributed by atoms with Gasteiger partial charge in [-0.2, -0.15) is 0 Å². The van der Waals surface area contributed by atoms with Crippen LogP contribution >= 0.6 is 11.3 Å². The quantitative estimate of drug-likeness (QED) is 0.154.